The van der Waals surface area contributed by atoms with Crippen molar-refractivity contribution in [1.82, 2.24) is 15.8 Å². The smallest absolute Gasteiger partial charge is 0.281 e. The minimum atomic E-state index is -0.531. The van der Waals surface area contributed by atoms with Crippen LogP contribution in [0, 0.1) is 6.92 Å². The summed E-state index contributed by atoms with van der Waals surface area (Å²) in [5.74, 6) is -1.02. The molecule has 0 unspecified atom stereocenters. The summed E-state index contributed by atoms with van der Waals surface area (Å²) in [5.41, 5.74) is 5.47. The van der Waals surface area contributed by atoms with Crippen LogP contribution in [0.4, 0.5) is 0 Å². The predicted molar refractivity (Wildman–Crippen MR) is 98.2 cm³/mol. The molecule has 0 aliphatic heterocycles. The fourth-order valence-corrected chi connectivity index (χ4v) is 4.09. The number of phenols is 1. The van der Waals surface area contributed by atoms with Gasteiger partial charge in [-0.05, 0) is 37.3 Å². The number of halogens is 1. The molecule has 0 radical (unpaired) electrons. The minimum absolute atomic E-state index is 0.0310. The van der Waals surface area contributed by atoms with Crippen LogP contribution in [0.1, 0.15) is 25.7 Å². The van der Waals surface area contributed by atoms with Crippen molar-refractivity contribution in [3.8, 4) is 15.6 Å². The number of benzene rings is 1. The molecular formula is C16H12ClN3O3S2. The van der Waals surface area contributed by atoms with Crippen LogP contribution in [0.5, 0.6) is 5.75 Å². The van der Waals surface area contributed by atoms with Gasteiger partial charge in [0.05, 0.1) is 14.9 Å². The number of phenolic OH excluding ortho intramolecular Hbond substituents is 1. The number of carbonyl (C=O) groups is 2. The number of thiazole rings is 1. The molecule has 3 rings (SSSR count). The Morgan fingerprint density at radius 3 is 2.56 bits per heavy atom. The van der Waals surface area contributed by atoms with E-state index >= 15 is 0 Å². The highest BCUT2D eigenvalue weighted by atomic mass is 35.5. The second-order valence-corrected chi connectivity index (χ2v) is 7.71. The van der Waals surface area contributed by atoms with E-state index in [4.69, 9.17) is 11.6 Å². The zero-order valence-corrected chi connectivity index (χ0v) is 15.3. The van der Waals surface area contributed by atoms with E-state index in [1.54, 1.807) is 13.0 Å². The number of aromatic hydroxyl groups is 1. The fourth-order valence-electron chi connectivity index (χ4n) is 2.03. The lowest BCUT2D eigenvalue weighted by Crippen LogP contribution is -2.41. The maximum atomic E-state index is 12.3. The molecule has 3 N–H and O–H groups in total. The summed E-state index contributed by atoms with van der Waals surface area (Å²) >= 11 is 8.53. The van der Waals surface area contributed by atoms with Gasteiger partial charge in [0.25, 0.3) is 11.8 Å². The third-order valence-electron chi connectivity index (χ3n) is 3.18. The fraction of sp³-hybridized carbons (Fsp3) is 0.0625. The van der Waals surface area contributed by atoms with Crippen molar-refractivity contribution in [2.45, 2.75) is 6.92 Å². The van der Waals surface area contributed by atoms with Gasteiger partial charge in [-0.2, -0.15) is 0 Å². The number of hydrogen-bond donors (Lipinski definition) is 3. The van der Waals surface area contributed by atoms with Crippen molar-refractivity contribution in [3.05, 3.63) is 56.9 Å². The van der Waals surface area contributed by atoms with Crippen LogP contribution in [-0.4, -0.2) is 21.9 Å². The van der Waals surface area contributed by atoms with Crippen molar-refractivity contribution >= 4 is 46.1 Å². The molecule has 0 saturated carbocycles. The van der Waals surface area contributed by atoms with E-state index in [9.17, 15) is 14.7 Å². The summed E-state index contributed by atoms with van der Waals surface area (Å²) < 4.78 is 0.646. The van der Waals surface area contributed by atoms with Gasteiger partial charge >= 0.3 is 0 Å². The maximum absolute atomic E-state index is 12.3. The molecule has 2 aromatic heterocycles. The first-order chi connectivity index (χ1) is 11.9. The number of thiophene rings is 1. The Hall–Kier alpha value is -2.42. The minimum Gasteiger partial charge on any atom is -0.508 e. The second-order valence-electron chi connectivity index (χ2n) is 5.00. The third kappa shape index (κ3) is 3.98. The van der Waals surface area contributed by atoms with E-state index in [-0.39, 0.29) is 11.3 Å². The van der Waals surface area contributed by atoms with Gasteiger partial charge in [0, 0.05) is 5.56 Å². The average molecular weight is 394 g/mol. The van der Waals surface area contributed by atoms with Crippen LogP contribution in [0.3, 0.4) is 0 Å². The molecule has 0 aliphatic rings. The first-order valence-electron chi connectivity index (χ1n) is 7.07. The van der Waals surface area contributed by atoms with Crippen LogP contribution in [-0.2, 0) is 0 Å². The van der Waals surface area contributed by atoms with E-state index in [1.165, 1.54) is 46.9 Å². The summed E-state index contributed by atoms with van der Waals surface area (Å²) in [4.78, 5) is 29.9. The molecule has 3 aromatic rings. The van der Waals surface area contributed by atoms with Gasteiger partial charge in [-0.1, -0.05) is 17.7 Å². The Kier molecular flexibility index (Phi) is 5.03. The van der Waals surface area contributed by atoms with Gasteiger partial charge in [0.1, 0.15) is 15.6 Å². The Balaban J connectivity index is 1.69. The zero-order valence-electron chi connectivity index (χ0n) is 12.9. The molecule has 25 heavy (non-hydrogen) atoms. The molecule has 128 valence electrons. The summed E-state index contributed by atoms with van der Waals surface area (Å²) in [6.07, 6.45) is 0. The third-order valence-corrected chi connectivity index (χ3v) is 5.74. The van der Waals surface area contributed by atoms with Crippen LogP contribution < -0.4 is 10.9 Å². The van der Waals surface area contributed by atoms with Gasteiger partial charge in [-0.25, -0.2) is 4.98 Å². The van der Waals surface area contributed by atoms with Gasteiger partial charge in [-0.15, -0.1) is 22.7 Å². The molecule has 0 fully saturated rings. The van der Waals surface area contributed by atoms with Gasteiger partial charge in [-0.3, -0.25) is 20.4 Å². The summed E-state index contributed by atoms with van der Waals surface area (Å²) in [6, 6.07) is 9.44. The topological polar surface area (TPSA) is 91.3 Å². The van der Waals surface area contributed by atoms with E-state index in [0.717, 1.165) is 4.88 Å². The molecule has 0 aliphatic carbocycles. The lowest BCUT2D eigenvalue weighted by molar-refractivity contribution is 0.0848. The Morgan fingerprint density at radius 1 is 1.12 bits per heavy atom. The molecule has 0 saturated heterocycles. The highest BCUT2D eigenvalue weighted by Gasteiger charge is 2.18. The molecule has 9 heteroatoms. The average Bonchev–Trinajstić information content (AvgIpc) is 3.18. The monoisotopic (exact) mass is 393 g/mol. The van der Waals surface area contributed by atoms with Crippen molar-refractivity contribution in [1.29, 1.82) is 0 Å². The van der Waals surface area contributed by atoms with E-state index in [2.05, 4.69) is 15.8 Å². The van der Waals surface area contributed by atoms with E-state index in [0.29, 0.717) is 19.9 Å². The SMILES string of the molecule is Cc1nc(-c2ccc(Cl)s2)sc1C(=O)NNC(=O)c1cccc(O)c1. The lowest BCUT2D eigenvalue weighted by Gasteiger charge is -2.06. The van der Waals surface area contributed by atoms with Crippen LogP contribution in [0.25, 0.3) is 9.88 Å². The molecule has 0 spiro atoms. The number of hydrazine groups is 1. The molecule has 2 heterocycles. The first-order valence-corrected chi connectivity index (χ1v) is 9.08. The zero-order chi connectivity index (χ0) is 18.0. The number of carbonyl (C=O) groups excluding carboxylic acids is 2. The Bertz CT molecular complexity index is 952. The molecule has 1 aromatic carbocycles. The van der Waals surface area contributed by atoms with Gasteiger partial charge in [0.15, 0.2) is 0 Å². The van der Waals surface area contributed by atoms with Crippen LogP contribution in [0.2, 0.25) is 4.34 Å². The van der Waals surface area contributed by atoms with Crippen LogP contribution >= 0.6 is 34.3 Å². The number of aryl methyl sites for hydroxylation is 1. The molecule has 0 atom stereocenters. The molecular weight excluding hydrogens is 382 g/mol. The number of amides is 2. The Labute approximate surface area is 156 Å². The number of rotatable bonds is 3. The number of aromatic nitrogens is 1. The summed E-state index contributed by atoms with van der Waals surface area (Å²) in [7, 11) is 0. The summed E-state index contributed by atoms with van der Waals surface area (Å²) in [5, 5.41) is 10.1. The number of nitrogens with one attached hydrogen (secondary N) is 2. The molecule has 0 bridgehead atoms. The maximum Gasteiger partial charge on any atom is 0.281 e. The van der Waals surface area contributed by atoms with Gasteiger partial charge in [0.2, 0.25) is 0 Å². The molecule has 6 nitrogen and oxygen atoms in total. The largest absolute Gasteiger partial charge is 0.508 e. The quantitative estimate of drug-likeness (QED) is 0.593. The van der Waals surface area contributed by atoms with Crippen molar-refractivity contribution in [2.75, 3.05) is 0 Å². The Morgan fingerprint density at radius 2 is 1.88 bits per heavy atom. The normalized spacial score (nSPS) is 10.5. The van der Waals surface area contributed by atoms with Crippen molar-refractivity contribution < 1.29 is 14.7 Å². The number of nitrogens with zero attached hydrogens (tertiary/aromatic N) is 1. The highest BCUT2D eigenvalue weighted by molar-refractivity contribution is 7.24. The van der Waals surface area contributed by atoms with E-state index < -0.39 is 11.8 Å². The first kappa shape index (κ1) is 17.4. The number of hydrogen-bond acceptors (Lipinski definition) is 6. The van der Waals surface area contributed by atoms with Crippen molar-refractivity contribution in [3.63, 3.8) is 0 Å². The van der Waals surface area contributed by atoms with Gasteiger partial charge < -0.3 is 5.11 Å². The second kappa shape index (κ2) is 7.22. The molecule has 2 amide bonds. The summed E-state index contributed by atoms with van der Waals surface area (Å²) in [6.45, 7) is 1.72. The van der Waals surface area contributed by atoms with E-state index in [1.807, 2.05) is 6.07 Å². The van der Waals surface area contributed by atoms with Crippen molar-refractivity contribution in [2.24, 2.45) is 0 Å². The predicted octanol–water partition coefficient (Wildman–Crippen LogP) is 3.61. The lowest BCUT2D eigenvalue weighted by atomic mass is 10.2. The highest BCUT2D eigenvalue weighted by Crippen LogP contribution is 2.34. The van der Waals surface area contributed by atoms with Crippen LogP contribution in [0.15, 0.2) is 36.4 Å². The standard InChI is InChI=1S/C16H12ClN3O3S2/c1-8-13(25-16(18-8)11-5-6-12(17)24-11)15(23)20-19-14(22)9-3-2-4-10(21)7-9/h2-7,21H,1H3,(H,19,22)(H,20,23).